The Morgan fingerprint density at radius 1 is 1.29 bits per heavy atom. The zero-order valence-corrected chi connectivity index (χ0v) is 9.78. The Morgan fingerprint density at radius 3 is 2.65 bits per heavy atom. The molecule has 90 valence electrons. The summed E-state index contributed by atoms with van der Waals surface area (Å²) in [7, 11) is 0. The molecule has 0 unspecified atom stereocenters. The van der Waals surface area contributed by atoms with Crippen LogP contribution in [-0.4, -0.2) is 11.0 Å². The van der Waals surface area contributed by atoms with Gasteiger partial charge < -0.3 is 10.4 Å². The van der Waals surface area contributed by atoms with Crippen LogP contribution in [0, 0.1) is 12.3 Å². The van der Waals surface area contributed by atoms with Gasteiger partial charge in [0, 0.05) is 19.4 Å². The SMILES string of the molecule is C#CCCCCC(=O)NCc1ccc(O)cc1. The zero-order valence-electron chi connectivity index (χ0n) is 9.78. The van der Waals surface area contributed by atoms with E-state index in [0.29, 0.717) is 13.0 Å². The van der Waals surface area contributed by atoms with Crippen LogP contribution >= 0.6 is 0 Å². The van der Waals surface area contributed by atoms with Gasteiger partial charge in [-0.2, -0.15) is 0 Å². The average molecular weight is 231 g/mol. The molecule has 0 aliphatic rings. The molecule has 0 aliphatic carbocycles. The topological polar surface area (TPSA) is 49.3 Å². The van der Waals surface area contributed by atoms with Crippen molar-refractivity contribution in [2.24, 2.45) is 0 Å². The van der Waals surface area contributed by atoms with E-state index in [0.717, 1.165) is 24.8 Å². The summed E-state index contributed by atoms with van der Waals surface area (Å²) in [6.07, 6.45) is 8.08. The predicted molar refractivity (Wildman–Crippen MR) is 67.3 cm³/mol. The minimum Gasteiger partial charge on any atom is -0.508 e. The second-order valence-electron chi connectivity index (χ2n) is 3.85. The number of hydrogen-bond acceptors (Lipinski definition) is 2. The highest BCUT2D eigenvalue weighted by Gasteiger charge is 2.00. The van der Waals surface area contributed by atoms with Crippen molar-refractivity contribution in [1.29, 1.82) is 0 Å². The Balaban J connectivity index is 2.19. The maximum Gasteiger partial charge on any atom is 0.220 e. The fourth-order valence-electron chi connectivity index (χ4n) is 1.42. The van der Waals surface area contributed by atoms with E-state index in [4.69, 9.17) is 11.5 Å². The molecular weight excluding hydrogens is 214 g/mol. The van der Waals surface area contributed by atoms with E-state index in [2.05, 4.69) is 11.2 Å². The van der Waals surface area contributed by atoms with Crippen LogP contribution in [0.3, 0.4) is 0 Å². The molecule has 2 N–H and O–H groups in total. The van der Waals surface area contributed by atoms with E-state index in [-0.39, 0.29) is 11.7 Å². The molecule has 0 heterocycles. The normalized spacial score (nSPS) is 9.59. The standard InChI is InChI=1S/C14H17NO2/c1-2-3-4-5-6-14(17)15-11-12-7-9-13(16)10-8-12/h1,7-10,16H,3-6,11H2,(H,15,17). The molecular formula is C14H17NO2. The van der Waals surface area contributed by atoms with Crippen LogP contribution in [0.5, 0.6) is 5.75 Å². The van der Waals surface area contributed by atoms with Crippen molar-refractivity contribution in [3.63, 3.8) is 0 Å². The first kappa shape index (κ1) is 13.1. The number of rotatable bonds is 6. The van der Waals surface area contributed by atoms with Crippen LogP contribution in [-0.2, 0) is 11.3 Å². The molecule has 0 aliphatic heterocycles. The van der Waals surface area contributed by atoms with Gasteiger partial charge in [0.25, 0.3) is 0 Å². The Hall–Kier alpha value is -1.95. The minimum absolute atomic E-state index is 0.0371. The molecule has 0 fully saturated rings. The van der Waals surface area contributed by atoms with Gasteiger partial charge in [-0.1, -0.05) is 12.1 Å². The lowest BCUT2D eigenvalue weighted by Crippen LogP contribution is -2.22. The van der Waals surface area contributed by atoms with E-state index in [9.17, 15) is 4.79 Å². The van der Waals surface area contributed by atoms with Gasteiger partial charge in [-0.15, -0.1) is 12.3 Å². The van der Waals surface area contributed by atoms with E-state index in [1.165, 1.54) is 0 Å². The van der Waals surface area contributed by atoms with Gasteiger partial charge >= 0.3 is 0 Å². The number of phenolic OH excluding ortho intramolecular Hbond substituents is 1. The summed E-state index contributed by atoms with van der Waals surface area (Å²) in [6, 6.07) is 6.78. The molecule has 0 saturated heterocycles. The van der Waals surface area contributed by atoms with Crippen LogP contribution in [0.15, 0.2) is 24.3 Å². The second-order valence-corrected chi connectivity index (χ2v) is 3.85. The second kappa shape index (κ2) is 7.34. The molecule has 17 heavy (non-hydrogen) atoms. The monoisotopic (exact) mass is 231 g/mol. The third-order valence-corrected chi connectivity index (χ3v) is 2.40. The maximum atomic E-state index is 11.4. The Bertz CT molecular complexity index is 390. The molecule has 0 atom stereocenters. The summed E-state index contributed by atoms with van der Waals surface area (Å²) in [4.78, 5) is 11.4. The summed E-state index contributed by atoms with van der Waals surface area (Å²) in [5.41, 5.74) is 0.972. The zero-order chi connectivity index (χ0) is 12.5. The summed E-state index contributed by atoms with van der Waals surface area (Å²) < 4.78 is 0. The van der Waals surface area contributed by atoms with Crippen molar-refractivity contribution in [3.05, 3.63) is 29.8 Å². The van der Waals surface area contributed by atoms with Gasteiger partial charge in [0.2, 0.25) is 5.91 Å². The van der Waals surface area contributed by atoms with Crippen molar-refractivity contribution >= 4 is 5.91 Å². The number of carbonyl (C=O) groups is 1. The predicted octanol–water partition coefficient (Wildman–Crippen LogP) is 2.20. The van der Waals surface area contributed by atoms with Crippen molar-refractivity contribution in [2.75, 3.05) is 0 Å². The highest BCUT2D eigenvalue weighted by atomic mass is 16.3. The lowest BCUT2D eigenvalue weighted by Gasteiger charge is -2.05. The molecule has 3 heteroatoms. The van der Waals surface area contributed by atoms with Crippen LogP contribution in [0.25, 0.3) is 0 Å². The molecule has 0 radical (unpaired) electrons. The Labute approximate surface area is 102 Å². The van der Waals surface area contributed by atoms with Crippen LogP contribution in [0.2, 0.25) is 0 Å². The van der Waals surface area contributed by atoms with E-state index >= 15 is 0 Å². The summed E-state index contributed by atoms with van der Waals surface area (Å²) in [5, 5.41) is 11.9. The molecule has 0 saturated carbocycles. The minimum atomic E-state index is 0.0371. The van der Waals surface area contributed by atoms with Gasteiger partial charge in [0.1, 0.15) is 5.75 Å². The Morgan fingerprint density at radius 2 is 2.00 bits per heavy atom. The maximum absolute atomic E-state index is 11.4. The van der Waals surface area contributed by atoms with Crippen LogP contribution in [0.1, 0.15) is 31.2 Å². The van der Waals surface area contributed by atoms with E-state index < -0.39 is 0 Å². The van der Waals surface area contributed by atoms with E-state index in [1.54, 1.807) is 24.3 Å². The highest BCUT2D eigenvalue weighted by Crippen LogP contribution is 2.09. The third kappa shape index (κ3) is 5.62. The first-order valence-electron chi connectivity index (χ1n) is 5.70. The number of carbonyl (C=O) groups excluding carboxylic acids is 1. The van der Waals surface area contributed by atoms with Crippen molar-refractivity contribution in [2.45, 2.75) is 32.2 Å². The molecule has 1 amide bonds. The van der Waals surface area contributed by atoms with Gasteiger partial charge in [-0.25, -0.2) is 0 Å². The van der Waals surface area contributed by atoms with Crippen LogP contribution in [0.4, 0.5) is 0 Å². The summed E-state index contributed by atoms with van der Waals surface area (Å²) >= 11 is 0. The first-order chi connectivity index (χ1) is 8.22. The molecule has 0 aromatic heterocycles. The molecule has 0 bridgehead atoms. The highest BCUT2D eigenvalue weighted by molar-refractivity contribution is 5.75. The van der Waals surface area contributed by atoms with Gasteiger partial charge in [0.15, 0.2) is 0 Å². The summed E-state index contributed by atoms with van der Waals surface area (Å²) in [5.74, 6) is 2.82. The van der Waals surface area contributed by atoms with Gasteiger partial charge in [0.05, 0.1) is 0 Å². The lowest BCUT2D eigenvalue weighted by atomic mass is 10.2. The number of nitrogens with one attached hydrogen (secondary N) is 1. The number of amides is 1. The third-order valence-electron chi connectivity index (χ3n) is 2.40. The van der Waals surface area contributed by atoms with Crippen molar-refractivity contribution < 1.29 is 9.90 Å². The average Bonchev–Trinajstić information content (AvgIpc) is 2.34. The van der Waals surface area contributed by atoms with Gasteiger partial charge in [-0.05, 0) is 30.5 Å². The quantitative estimate of drug-likeness (QED) is 0.582. The Kier molecular flexibility index (Phi) is 5.67. The number of hydrogen-bond donors (Lipinski definition) is 2. The van der Waals surface area contributed by atoms with Crippen LogP contribution < -0.4 is 5.32 Å². The fraction of sp³-hybridized carbons (Fsp3) is 0.357. The molecule has 1 aromatic rings. The lowest BCUT2D eigenvalue weighted by molar-refractivity contribution is -0.121. The van der Waals surface area contributed by atoms with Crippen molar-refractivity contribution in [3.8, 4) is 18.1 Å². The van der Waals surface area contributed by atoms with Crippen molar-refractivity contribution in [1.82, 2.24) is 5.32 Å². The van der Waals surface area contributed by atoms with Gasteiger partial charge in [-0.3, -0.25) is 4.79 Å². The fourth-order valence-corrected chi connectivity index (χ4v) is 1.42. The number of aromatic hydroxyl groups is 1. The largest absolute Gasteiger partial charge is 0.508 e. The summed E-state index contributed by atoms with van der Waals surface area (Å²) in [6.45, 7) is 0.494. The van der Waals surface area contributed by atoms with E-state index in [1.807, 2.05) is 0 Å². The smallest absolute Gasteiger partial charge is 0.220 e. The molecule has 0 spiro atoms. The molecule has 1 aromatic carbocycles. The number of phenols is 1. The number of unbranched alkanes of at least 4 members (excludes halogenated alkanes) is 2. The number of benzene rings is 1. The first-order valence-corrected chi connectivity index (χ1v) is 5.70. The molecule has 1 rings (SSSR count). The molecule has 3 nitrogen and oxygen atoms in total. The number of terminal acetylenes is 1.